The largest absolute Gasteiger partial charge is 0.456 e. The zero-order valence-corrected chi connectivity index (χ0v) is 33.1. The molecule has 0 bridgehead atoms. The van der Waals surface area contributed by atoms with Crippen molar-refractivity contribution < 1.29 is 9.47 Å². The van der Waals surface area contributed by atoms with Crippen LogP contribution in [0.25, 0.3) is 90.6 Å². The molecule has 2 aromatic heterocycles. The summed E-state index contributed by atoms with van der Waals surface area (Å²) in [5, 5.41) is 0. The highest BCUT2D eigenvalue weighted by atomic mass is 16.5. The Morgan fingerprint density at radius 1 is 0.210 bits per heavy atom. The van der Waals surface area contributed by atoms with E-state index in [-0.39, 0.29) is 0 Å². The Hall–Kier alpha value is -8.62. The molecule has 0 spiro atoms. The third-order valence-corrected chi connectivity index (χ3v) is 10.7. The Labute approximate surface area is 357 Å². The molecule has 10 aromatic rings. The highest BCUT2D eigenvalue weighted by molar-refractivity contribution is 5.97. The van der Waals surface area contributed by atoms with Crippen LogP contribution >= 0.6 is 0 Å². The second-order valence-corrected chi connectivity index (χ2v) is 14.6. The first-order chi connectivity index (χ1) is 30.7. The number of aromatic nitrogens is 6. The fraction of sp³-hybridized carbons (Fsp3) is 0. The molecule has 0 saturated heterocycles. The van der Waals surface area contributed by atoms with Crippen molar-refractivity contribution in [1.29, 1.82) is 0 Å². The van der Waals surface area contributed by atoms with Gasteiger partial charge in [0.05, 0.1) is 0 Å². The van der Waals surface area contributed by atoms with Gasteiger partial charge in [-0.05, 0) is 24.3 Å². The van der Waals surface area contributed by atoms with Crippen LogP contribution in [0, 0.1) is 0 Å². The van der Waals surface area contributed by atoms with E-state index in [1.807, 2.05) is 206 Å². The topological polar surface area (TPSA) is 95.8 Å². The van der Waals surface area contributed by atoms with Crippen LogP contribution in [0.1, 0.15) is 0 Å². The van der Waals surface area contributed by atoms with Crippen LogP contribution in [0.2, 0.25) is 0 Å². The van der Waals surface area contributed by atoms with Crippen molar-refractivity contribution in [3.63, 3.8) is 0 Å². The third kappa shape index (κ3) is 6.91. The summed E-state index contributed by atoms with van der Waals surface area (Å²) < 4.78 is 14.2. The molecule has 1 aliphatic rings. The molecule has 11 rings (SSSR count). The number of fused-ring (bicyclic) bond motifs is 6. The first-order valence-electron chi connectivity index (χ1n) is 20.3. The normalized spacial score (nSPS) is 11.5. The minimum Gasteiger partial charge on any atom is -0.456 e. The summed E-state index contributed by atoms with van der Waals surface area (Å²) >= 11 is 0. The van der Waals surface area contributed by atoms with Gasteiger partial charge in [-0.15, -0.1) is 0 Å². The smallest absolute Gasteiger partial charge is 0.164 e. The minimum atomic E-state index is 0.454. The van der Waals surface area contributed by atoms with Gasteiger partial charge in [0.1, 0.15) is 23.0 Å². The molecule has 292 valence electrons. The second-order valence-electron chi connectivity index (χ2n) is 14.6. The lowest BCUT2D eigenvalue weighted by molar-refractivity contribution is 0.472. The van der Waals surface area contributed by atoms with E-state index in [1.54, 1.807) is 0 Å². The highest BCUT2D eigenvalue weighted by Crippen LogP contribution is 2.52. The number of nitrogens with zero attached hydrogens (tertiary/aromatic N) is 6. The molecule has 1 aliphatic heterocycles. The summed E-state index contributed by atoms with van der Waals surface area (Å²) in [5.74, 6) is 5.50. The van der Waals surface area contributed by atoms with Crippen molar-refractivity contribution in [2.24, 2.45) is 0 Å². The zero-order valence-electron chi connectivity index (χ0n) is 33.1. The Balaban J connectivity index is 1.23. The molecule has 0 saturated carbocycles. The van der Waals surface area contributed by atoms with Gasteiger partial charge >= 0.3 is 0 Å². The van der Waals surface area contributed by atoms with Crippen LogP contribution in [-0.2, 0) is 0 Å². The summed E-state index contributed by atoms with van der Waals surface area (Å²) in [6.45, 7) is 0. The van der Waals surface area contributed by atoms with Crippen molar-refractivity contribution in [2.75, 3.05) is 0 Å². The van der Waals surface area contributed by atoms with Gasteiger partial charge in [-0.1, -0.05) is 182 Å². The van der Waals surface area contributed by atoms with Gasteiger partial charge in [0.2, 0.25) is 0 Å². The van der Waals surface area contributed by atoms with Gasteiger partial charge in [-0.3, -0.25) is 0 Å². The van der Waals surface area contributed by atoms with Crippen LogP contribution in [0.3, 0.4) is 0 Å². The number of rotatable bonds is 6. The van der Waals surface area contributed by atoms with E-state index in [2.05, 4.69) is 0 Å². The molecule has 3 heterocycles. The predicted molar refractivity (Wildman–Crippen MR) is 243 cm³/mol. The van der Waals surface area contributed by atoms with Gasteiger partial charge in [0.25, 0.3) is 0 Å². The molecular formula is C54H34N6O2. The monoisotopic (exact) mass is 798 g/mol. The van der Waals surface area contributed by atoms with Gasteiger partial charge in [-0.2, -0.15) is 0 Å². The molecule has 0 aliphatic carbocycles. The van der Waals surface area contributed by atoms with Gasteiger partial charge in [0, 0.05) is 55.6 Å². The van der Waals surface area contributed by atoms with E-state index < -0.39 is 0 Å². The molecule has 0 N–H and O–H groups in total. The predicted octanol–water partition coefficient (Wildman–Crippen LogP) is 13.3. The van der Waals surface area contributed by atoms with E-state index in [9.17, 15) is 0 Å². The average molecular weight is 799 g/mol. The van der Waals surface area contributed by atoms with Crippen LogP contribution in [0.5, 0.6) is 23.0 Å². The van der Waals surface area contributed by atoms with Crippen molar-refractivity contribution in [3.05, 3.63) is 206 Å². The van der Waals surface area contributed by atoms with Crippen LogP contribution in [0.4, 0.5) is 0 Å². The first-order valence-corrected chi connectivity index (χ1v) is 20.3. The number of hydrogen-bond donors (Lipinski definition) is 0. The molecule has 8 nitrogen and oxygen atoms in total. The third-order valence-electron chi connectivity index (χ3n) is 10.7. The maximum absolute atomic E-state index is 7.12. The maximum Gasteiger partial charge on any atom is 0.164 e. The van der Waals surface area contributed by atoms with E-state index in [4.69, 9.17) is 39.4 Å². The van der Waals surface area contributed by atoms with E-state index in [0.29, 0.717) is 80.2 Å². The molecular weight excluding hydrogens is 765 g/mol. The number of hydrogen-bond acceptors (Lipinski definition) is 8. The van der Waals surface area contributed by atoms with Crippen molar-refractivity contribution >= 4 is 0 Å². The summed E-state index contributed by atoms with van der Waals surface area (Å²) in [5.41, 5.74) is 7.99. The van der Waals surface area contributed by atoms with Crippen LogP contribution in [-0.4, -0.2) is 29.9 Å². The van der Waals surface area contributed by atoms with Gasteiger partial charge in [-0.25, -0.2) is 29.9 Å². The maximum atomic E-state index is 7.12. The molecule has 0 atom stereocenters. The first kappa shape index (κ1) is 36.5. The van der Waals surface area contributed by atoms with Crippen molar-refractivity contribution in [2.45, 2.75) is 0 Å². The van der Waals surface area contributed by atoms with Crippen LogP contribution < -0.4 is 9.47 Å². The van der Waals surface area contributed by atoms with E-state index in [0.717, 1.165) is 33.4 Å². The Bertz CT molecular complexity index is 2900. The molecule has 62 heavy (non-hydrogen) atoms. The highest BCUT2D eigenvalue weighted by Gasteiger charge is 2.28. The molecule has 8 heteroatoms. The molecule has 0 fully saturated rings. The zero-order chi connectivity index (χ0) is 41.2. The molecule has 8 aromatic carbocycles. The lowest BCUT2D eigenvalue weighted by atomic mass is 9.92. The summed E-state index contributed by atoms with van der Waals surface area (Å²) in [7, 11) is 0. The molecule has 0 amide bonds. The fourth-order valence-corrected chi connectivity index (χ4v) is 7.77. The summed E-state index contributed by atoms with van der Waals surface area (Å²) in [4.78, 5) is 30.8. The van der Waals surface area contributed by atoms with Gasteiger partial charge < -0.3 is 9.47 Å². The summed E-state index contributed by atoms with van der Waals surface area (Å²) in [6, 6.07) is 67.8. The van der Waals surface area contributed by atoms with Crippen LogP contribution in [0.15, 0.2) is 206 Å². The number of benzene rings is 8. The standard InChI is InChI=1S/C54H34N6O2/c1-5-19-35(20-6-1)49-55-50(36-21-7-2-8-22-36)58-53(57-49)41-29-17-33-45-47(41)48-42(54-59-51(37-23-9-3-10-24-37)56-52(60-54)38-25-11-4-12-26-38)30-18-34-46(48)62-44-32-16-14-28-40(44)39-27-13-15-31-43(39)61-45/h1-34H. The Morgan fingerprint density at radius 2 is 0.468 bits per heavy atom. The van der Waals surface area contributed by atoms with Gasteiger partial charge in [0.15, 0.2) is 34.9 Å². The van der Waals surface area contributed by atoms with E-state index >= 15 is 0 Å². The Morgan fingerprint density at radius 3 is 0.806 bits per heavy atom. The molecule has 0 radical (unpaired) electrons. The minimum absolute atomic E-state index is 0.454. The fourth-order valence-electron chi connectivity index (χ4n) is 7.77. The molecule has 0 unspecified atom stereocenters. The number of para-hydroxylation sites is 2. The lowest BCUT2D eigenvalue weighted by Crippen LogP contribution is -2.05. The lowest BCUT2D eigenvalue weighted by Gasteiger charge is -2.24. The van der Waals surface area contributed by atoms with Crippen molar-refractivity contribution in [3.8, 4) is 114 Å². The second kappa shape index (κ2) is 15.9. The Kier molecular flexibility index (Phi) is 9.33. The quantitative estimate of drug-likeness (QED) is 0.164. The average Bonchev–Trinajstić information content (AvgIpc) is 3.35. The number of ether oxygens (including phenoxy) is 2. The SMILES string of the molecule is c1ccc(-c2nc(-c3ccccc3)nc(-c3cccc4c3-c3c(cccc3-c3nc(-c5ccccc5)nc(-c5ccccc5)n3)Oc3ccccc3-c3ccccc3O4)n2)cc1. The van der Waals surface area contributed by atoms with E-state index in [1.165, 1.54) is 0 Å². The summed E-state index contributed by atoms with van der Waals surface area (Å²) in [6.07, 6.45) is 0. The van der Waals surface area contributed by atoms with Crippen molar-refractivity contribution in [1.82, 2.24) is 29.9 Å².